The van der Waals surface area contributed by atoms with Gasteiger partial charge in [0.25, 0.3) is 16.0 Å². The smallest absolute Gasteiger partial charge is 0.326 e. The largest absolute Gasteiger partial charge is 0.488 e. The summed E-state index contributed by atoms with van der Waals surface area (Å²) < 4.78 is 40.7. The lowest BCUT2D eigenvalue weighted by Gasteiger charge is -2.27. The first kappa shape index (κ1) is 33.7. The number of nitrogens with zero attached hydrogens (tertiary/aromatic N) is 3. The van der Waals surface area contributed by atoms with Crippen LogP contribution in [0.5, 0.6) is 5.75 Å². The van der Waals surface area contributed by atoms with E-state index in [4.69, 9.17) is 4.74 Å². The van der Waals surface area contributed by atoms with Crippen LogP contribution in [-0.2, 0) is 19.7 Å². The first-order valence-electron chi connectivity index (χ1n) is 15.1. The van der Waals surface area contributed by atoms with E-state index in [1.165, 1.54) is 40.2 Å². The van der Waals surface area contributed by atoms with E-state index in [2.05, 4.69) is 31.1 Å². The molecule has 3 N–H and O–H groups in total. The number of ether oxygens (including phenoxy) is 1. The van der Waals surface area contributed by atoms with Crippen LogP contribution in [0, 0.1) is 0 Å². The van der Waals surface area contributed by atoms with Gasteiger partial charge in [0.2, 0.25) is 5.91 Å². The minimum Gasteiger partial charge on any atom is -0.488 e. The summed E-state index contributed by atoms with van der Waals surface area (Å²) in [5.41, 5.74) is 0.881. The molecule has 4 rings (SSSR count). The molecule has 2 heterocycles. The Bertz CT molecular complexity index is 1600. The molecule has 1 saturated heterocycles. The Kier molecular flexibility index (Phi) is 11.0. The molecule has 242 valence electrons. The number of nitrogens with one attached hydrogen (secondary N) is 1. The Morgan fingerprint density at radius 1 is 1.07 bits per heavy atom. The molecule has 1 fully saturated rings. The Hall–Kier alpha value is -4.23. The van der Waals surface area contributed by atoms with Crippen LogP contribution in [-0.4, -0.2) is 69.0 Å². The zero-order valence-electron chi connectivity index (χ0n) is 25.6. The van der Waals surface area contributed by atoms with E-state index in [0.717, 1.165) is 30.9 Å². The van der Waals surface area contributed by atoms with Gasteiger partial charge in [0, 0.05) is 12.6 Å². The molecule has 2 amide bonds. The first-order valence-corrected chi connectivity index (χ1v) is 16.5. The van der Waals surface area contributed by atoms with Crippen LogP contribution in [0.1, 0.15) is 87.2 Å². The number of carbonyl (C=O) groups excluding carboxylic acids is 2. The van der Waals surface area contributed by atoms with E-state index in [-0.39, 0.29) is 24.3 Å². The number of hydrogen-bond donors (Lipinski definition) is 3. The third kappa shape index (κ3) is 8.49. The van der Waals surface area contributed by atoms with Crippen molar-refractivity contribution in [2.45, 2.75) is 88.3 Å². The summed E-state index contributed by atoms with van der Waals surface area (Å²) in [5, 5.41) is 12.5. The maximum atomic E-state index is 14.0. The van der Waals surface area contributed by atoms with Gasteiger partial charge in [-0.3, -0.25) is 14.1 Å². The van der Waals surface area contributed by atoms with Gasteiger partial charge in [-0.25, -0.2) is 9.78 Å². The van der Waals surface area contributed by atoms with Crippen LogP contribution >= 0.6 is 0 Å². The topological polar surface area (TPSA) is 168 Å². The third-order valence-electron chi connectivity index (χ3n) is 7.91. The Balaban J connectivity index is 1.54. The van der Waals surface area contributed by atoms with Crippen LogP contribution < -0.4 is 10.1 Å². The van der Waals surface area contributed by atoms with E-state index in [0.29, 0.717) is 24.5 Å². The number of anilines is 1. The fourth-order valence-corrected chi connectivity index (χ4v) is 6.16. The molecule has 0 bridgehead atoms. The van der Waals surface area contributed by atoms with E-state index in [1.54, 1.807) is 0 Å². The number of imidazole rings is 1. The molecule has 0 radical (unpaired) electrons. The predicted molar refractivity (Wildman–Crippen MR) is 167 cm³/mol. The van der Waals surface area contributed by atoms with Crippen molar-refractivity contribution in [2.24, 2.45) is 0 Å². The van der Waals surface area contributed by atoms with Crippen molar-refractivity contribution in [1.29, 1.82) is 0 Å². The number of benzene rings is 2. The van der Waals surface area contributed by atoms with Gasteiger partial charge >= 0.3 is 5.97 Å². The van der Waals surface area contributed by atoms with Gasteiger partial charge in [-0.1, -0.05) is 70.7 Å². The second kappa shape index (κ2) is 14.7. The summed E-state index contributed by atoms with van der Waals surface area (Å²) >= 11 is 0. The van der Waals surface area contributed by atoms with Crippen molar-refractivity contribution >= 4 is 33.7 Å². The number of hydrogen-bond acceptors (Lipinski definition) is 7. The maximum Gasteiger partial charge on any atom is 0.326 e. The highest BCUT2D eigenvalue weighted by Crippen LogP contribution is 2.29. The van der Waals surface area contributed by atoms with Crippen LogP contribution in [0.4, 0.5) is 5.82 Å². The fourth-order valence-electron chi connectivity index (χ4n) is 5.47. The lowest BCUT2D eigenvalue weighted by molar-refractivity contribution is -0.149. The minimum atomic E-state index is -4.65. The van der Waals surface area contributed by atoms with E-state index < -0.39 is 51.0 Å². The van der Waals surface area contributed by atoms with Crippen LogP contribution in [0.25, 0.3) is 0 Å². The van der Waals surface area contributed by atoms with Crippen molar-refractivity contribution in [3.8, 4) is 5.75 Å². The molecule has 13 heteroatoms. The van der Waals surface area contributed by atoms with E-state index in [1.807, 2.05) is 24.3 Å². The number of amides is 2. The van der Waals surface area contributed by atoms with E-state index in [9.17, 15) is 32.5 Å². The molecule has 1 aromatic heterocycles. The number of aromatic nitrogens is 2. The molecule has 0 unspecified atom stereocenters. The molecule has 0 spiro atoms. The number of rotatable bonds is 14. The zero-order chi connectivity index (χ0) is 32.7. The number of unbranched alkanes of at least 4 members (excludes halogenated alkanes) is 3. The zero-order valence-corrected chi connectivity index (χ0v) is 26.4. The average molecular weight is 641 g/mol. The number of carboxylic acid groups (broad SMARTS) is 1. The van der Waals surface area contributed by atoms with Gasteiger partial charge in [0.1, 0.15) is 28.8 Å². The van der Waals surface area contributed by atoms with Crippen molar-refractivity contribution in [3.05, 3.63) is 72.2 Å². The summed E-state index contributed by atoms with van der Waals surface area (Å²) in [6.07, 6.45) is 6.43. The predicted octanol–water partition coefficient (Wildman–Crippen LogP) is 5.15. The molecule has 12 nitrogen and oxygen atoms in total. The number of carboxylic acids is 1. The summed E-state index contributed by atoms with van der Waals surface area (Å²) in [6, 6.07) is 11.0. The molecule has 0 aliphatic carbocycles. The molecule has 3 aromatic rings. The summed E-state index contributed by atoms with van der Waals surface area (Å²) in [5.74, 6) is -1.32. The van der Waals surface area contributed by atoms with Gasteiger partial charge in [-0.05, 0) is 42.2 Å². The second-order valence-corrected chi connectivity index (χ2v) is 12.9. The summed E-state index contributed by atoms with van der Waals surface area (Å²) in [7, 11) is -4.65. The Morgan fingerprint density at radius 2 is 1.78 bits per heavy atom. The molecular weight excluding hydrogens is 600 g/mol. The number of likely N-dealkylation sites (tertiary alicyclic amines) is 1. The highest BCUT2D eigenvalue weighted by atomic mass is 32.2. The molecule has 1 aliphatic rings. The SMILES string of the molecule is CCCCCC[C@H](C(=O)N1C[C@@H](Oc2ccc(C(C)C)cc2)C[C@H]1C(=O)O)n1cnc(NC(=O)c2ccccc2S(=O)(=O)O)c1. The standard InChI is InChI=1S/C32H40N4O8S/c1-4-5-6-7-11-26(35-19-29(33-20-35)34-30(37)25-10-8-9-12-28(25)45(41,42)43)31(38)36-18-24(17-27(36)32(39)40)44-23-15-13-22(14-16-23)21(2)3/h8-10,12-16,19-21,24,26-27H,4-7,11,17-18H2,1-3H3,(H,34,37)(H,39,40)(H,41,42,43)/t24-,26+,27-/m0/s1. The highest BCUT2D eigenvalue weighted by Gasteiger charge is 2.43. The van der Waals surface area contributed by atoms with Crippen molar-refractivity contribution in [2.75, 3.05) is 11.9 Å². The summed E-state index contributed by atoms with van der Waals surface area (Å²) in [4.78, 5) is 44.2. The van der Waals surface area contributed by atoms with Crippen LogP contribution in [0.2, 0.25) is 0 Å². The molecule has 2 aromatic carbocycles. The third-order valence-corrected chi connectivity index (χ3v) is 8.82. The molecule has 1 aliphatic heterocycles. The van der Waals surface area contributed by atoms with Crippen LogP contribution in [0.3, 0.4) is 0 Å². The first-order chi connectivity index (χ1) is 21.4. The normalized spacial score (nSPS) is 17.3. The lowest BCUT2D eigenvalue weighted by Crippen LogP contribution is -2.44. The Labute approximate surface area is 263 Å². The van der Waals surface area contributed by atoms with Crippen molar-refractivity contribution in [3.63, 3.8) is 0 Å². The number of aliphatic carboxylic acids is 1. The lowest BCUT2D eigenvalue weighted by atomic mass is 10.0. The Morgan fingerprint density at radius 3 is 2.42 bits per heavy atom. The monoisotopic (exact) mass is 640 g/mol. The van der Waals surface area contributed by atoms with Crippen molar-refractivity contribution in [1.82, 2.24) is 14.5 Å². The van der Waals surface area contributed by atoms with Gasteiger partial charge < -0.3 is 24.6 Å². The maximum absolute atomic E-state index is 14.0. The fraction of sp³-hybridized carbons (Fsp3) is 0.438. The van der Waals surface area contributed by atoms with E-state index >= 15 is 0 Å². The van der Waals surface area contributed by atoms with Gasteiger partial charge in [-0.15, -0.1) is 0 Å². The van der Waals surface area contributed by atoms with Gasteiger partial charge in [0.15, 0.2) is 5.82 Å². The van der Waals surface area contributed by atoms with Gasteiger partial charge in [0.05, 0.1) is 18.4 Å². The minimum absolute atomic E-state index is 0.0544. The second-order valence-electron chi connectivity index (χ2n) is 11.5. The average Bonchev–Trinajstić information content (AvgIpc) is 3.64. The molecule has 3 atom stereocenters. The molecule has 0 saturated carbocycles. The highest BCUT2D eigenvalue weighted by molar-refractivity contribution is 7.86. The quantitative estimate of drug-likeness (QED) is 0.159. The van der Waals surface area contributed by atoms with Crippen LogP contribution in [0.15, 0.2) is 66.0 Å². The van der Waals surface area contributed by atoms with Gasteiger partial charge in [-0.2, -0.15) is 8.42 Å². The number of carbonyl (C=O) groups is 3. The molecule has 45 heavy (non-hydrogen) atoms. The summed E-state index contributed by atoms with van der Waals surface area (Å²) in [6.45, 7) is 6.35. The molecular formula is C32H40N4O8S. The van der Waals surface area contributed by atoms with Crippen molar-refractivity contribution < 1.29 is 37.2 Å².